The highest BCUT2D eigenvalue weighted by Gasteiger charge is 2.39. The number of nitrogens with one attached hydrogen (secondary N) is 1. The summed E-state index contributed by atoms with van der Waals surface area (Å²) in [7, 11) is 3.06. The monoisotopic (exact) mass is 278 g/mol. The Bertz CT molecular complexity index is 793. The Morgan fingerprint density at radius 2 is 1.95 bits per heavy atom. The van der Waals surface area contributed by atoms with Crippen molar-refractivity contribution in [1.29, 1.82) is 0 Å². The molecule has 1 saturated heterocycles. The number of aromatic nitrogens is 4. The summed E-state index contributed by atoms with van der Waals surface area (Å²) in [5.74, 6) is 0.591. The van der Waals surface area contributed by atoms with E-state index < -0.39 is 0 Å². The standard InChI is InChI=1S/C12H18N6O2/c1-4-12(13)5-18(6-12)10-14-7-8(15-10)16(2)11(20)17(3)9(7)19/h4-6,13H2,1-3H3,(H,14,15). The lowest BCUT2D eigenvalue weighted by Gasteiger charge is -2.47. The molecule has 8 heteroatoms. The summed E-state index contributed by atoms with van der Waals surface area (Å²) in [6, 6.07) is 0. The van der Waals surface area contributed by atoms with Gasteiger partial charge >= 0.3 is 5.69 Å². The third-order valence-corrected chi connectivity index (χ3v) is 4.10. The molecule has 1 aliphatic rings. The van der Waals surface area contributed by atoms with E-state index in [0.29, 0.717) is 30.2 Å². The number of anilines is 1. The topological polar surface area (TPSA) is 102 Å². The fraction of sp³-hybridized carbons (Fsp3) is 0.583. The SMILES string of the molecule is CCC1(N)CN(c2nc3c([nH]2)c(=O)n(C)c(=O)n3C)C1. The summed E-state index contributed by atoms with van der Waals surface area (Å²) in [5.41, 5.74) is 5.91. The van der Waals surface area contributed by atoms with Gasteiger partial charge in [-0.1, -0.05) is 6.92 Å². The number of hydrogen-bond acceptors (Lipinski definition) is 5. The van der Waals surface area contributed by atoms with Gasteiger partial charge in [0.15, 0.2) is 11.2 Å². The Morgan fingerprint density at radius 1 is 1.30 bits per heavy atom. The lowest BCUT2D eigenvalue weighted by Crippen LogP contribution is -2.67. The Hall–Kier alpha value is -2.09. The molecule has 3 heterocycles. The molecular weight excluding hydrogens is 260 g/mol. The van der Waals surface area contributed by atoms with Crippen LogP contribution in [0.4, 0.5) is 5.95 Å². The minimum Gasteiger partial charge on any atom is -0.339 e. The molecule has 0 amide bonds. The van der Waals surface area contributed by atoms with Crippen LogP contribution in [0.25, 0.3) is 11.2 Å². The van der Waals surface area contributed by atoms with Crippen LogP contribution >= 0.6 is 0 Å². The van der Waals surface area contributed by atoms with Crippen molar-refractivity contribution in [2.45, 2.75) is 18.9 Å². The molecule has 0 radical (unpaired) electrons. The van der Waals surface area contributed by atoms with E-state index in [9.17, 15) is 9.59 Å². The second-order valence-electron chi connectivity index (χ2n) is 5.54. The number of fused-ring (bicyclic) bond motifs is 1. The fourth-order valence-electron chi connectivity index (χ4n) is 2.55. The molecule has 2 aromatic heterocycles. The molecule has 20 heavy (non-hydrogen) atoms. The molecule has 1 fully saturated rings. The van der Waals surface area contributed by atoms with Gasteiger partial charge in [0, 0.05) is 27.2 Å². The molecule has 0 aliphatic carbocycles. The van der Waals surface area contributed by atoms with E-state index in [4.69, 9.17) is 5.73 Å². The van der Waals surface area contributed by atoms with Crippen LogP contribution in [0.5, 0.6) is 0 Å². The average molecular weight is 278 g/mol. The molecule has 0 bridgehead atoms. The van der Waals surface area contributed by atoms with Gasteiger partial charge in [-0.15, -0.1) is 0 Å². The lowest BCUT2D eigenvalue weighted by atomic mass is 9.89. The van der Waals surface area contributed by atoms with Crippen molar-refractivity contribution in [3.63, 3.8) is 0 Å². The third-order valence-electron chi connectivity index (χ3n) is 4.10. The van der Waals surface area contributed by atoms with Crippen LogP contribution in [0.3, 0.4) is 0 Å². The molecular formula is C12H18N6O2. The molecule has 108 valence electrons. The van der Waals surface area contributed by atoms with E-state index in [1.54, 1.807) is 7.05 Å². The van der Waals surface area contributed by atoms with Crippen molar-refractivity contribution in [3.05, 3.63) is 20.8 Å². The Morgan fingerprint density at radius 3 is 2.55 bits per heavy atom. The average Bonchev–Trinajstić information content (AvgIpc) is 2.84. The van der Waals surface area contributed by atoms with Gasteiger partial charge in [-0.05, 0) is 6.42 Å². The predicted molar refractivity (Wildman–Crippen MR) is 76.0 cm³/mol. The van der Waals surface area contributed by atoms with Crippen molar-refractivity contribution in [3.8, 4) is 0 Å². The summed E-state index contributed by atoms with van der Waals surface area (Å²) in [5, 5.41) is 0. The number of imidazole rings is 1. The first-order chi connectivity index (χ1) is 9.36. The van der Waals surface area contributed by atoms with Crippen LogP contribution in [0.1, 0.15) is 13.3 Å². The maximum Gasteiger partial charge on any atom is 0.332 e. The zero-order valence-electron chi connectivity index (χ0n) is 11.8. The highest BCUT2D eigenvalue weighted by atomic mass is 16.2. The first-order valence-electron chi connectivity index (χ1n) is 6.56. The van der Waals surface area contributed by atoms with E-state index in [-0.39, 0.29) is 16.8 Å². The quantitative estimate of drug-likeness (QED) is 0.725. The second kappa shape index (κ2) is 3.95. The van der Waals surface area contributed by atoms with Gasteiger partial charge in [0.1, 0.15) is 0 Å². The lowest BCUT2D eigenvalue weighted by molar-refractivity contribution is 0.318. The zero-order valence-corrected chi connectivity index (χ0v) is 11.8. The summed E-state index contributed by atoms with van der Waals surface area (Å²) in [4.78, 5) is 33.3. The van der Waals surface area contributed by atoms with Crippen LogP contribution in [0, 0.1) is 0 Å². The van der Waals surface area contributed by atoms with Crippen molar-refractivity contribution >= 4 is 17.1 Å². The van der Waals surface area contributed by atoms with Gasteiger partial charge in [-0.3, -0.25) is 13.9 Å². The number of H-pyrrole nitrogens is 1. The van der Waals surface area contributed by atoms with Crippen molar-refractivity contribution in [1.82, 2.24) is 19.1 Å². The minimum atomic E-state index is -0.383. The largest absolute Gasteiger partial charge is 0.339 e. The minimum absolute atomic E-state index is 0.185. The normalized spacial score (nSPS) is 17.5. The van der Waals surface area contributed by atoms with Crippen LogP contribution in [0.2, 0.25) is 0 Å². The highest BCUT2D eigenvalue weighted by Crippen LogP contribution is 2.26. The molecule has 3 N–H and O–H groups in total. The number of aromatic amines is 1. The van der Waals surface area contributed by atoms with Gasteiger partial charge < -0.3 is 15.6 Å². The van der Waals surface area contributed by atoms with Gasteiger partial charge in [-0.25, -0.2) is 4.79 Å². The maximum atomic E-state index is 12.1. The van der Waals surface area contributed by atoms with Crippen LogP contribution < -0.4 is 21.9 Å². The third kappa shape index (κ3) is 1.61. The van der Waals surface area contributed by atoms with E-state index in [1.165, 1.54) is 11.6 Å². The summed E-state index contributed by atoms with van der Waals surface area (Å²) in [6.45, 7) is 3.44. The predicted octanol–water partition coefficient (Wildman–Crippen LogP) is -1.11. The molecule has 0 saturated carbocycles. The summed E-state index contributed by atoms with van der Waals surface area (Å²) >= 11 is 0. The number of hydrogen-bond donors (Lipinski definition) is 2. The van der Waals surface area contributed by atoms with E-state index in [0.717, 1.165) is 11.0 Å². The molecule has 3 rings (SSSR count). The van der Waals surface area contributed by atoms with Crippen molar-refractivity contribution in [2.24, 2.45) is 19.8 Å². The van der Waals surface area contributed by atoms with Gasteiger partial charge in [-0.2, -0.15) is 4.98 Å². The Labute approximate surface area is 114 Å². The number of nitrogens with two attached hydrogens (primary N) is 1. The van der Waals surface area contributed by atoms with Crippen molar-refractivity contribution in [2.75, 3.05) is 18.0 Å². The van der Waals surface area contributed by atoms with Crippen LogP contribution in [-0.4, -0.2) is 37.7 Å². The van der Waals surface area contributed by atoms with Crippen LogP contribution in [-0.2, 0) is 14.1 Å². The first-order valence-corrected chi connectivity index (χ1v) is 6.56. The van der Waals surface area contributed by atoms with Gasteiger partial charge in [0.2, 0.25) is 5.95 Å². The highest BCUT2D eigenvalue weighted by molar-refractivity contribution is 5.73. The molecule has 0 spiro atoms. The zero-order chi connectivity index (χ0) is 14.7. The van der Waals surface area contributed by atoms with Crippen LogP contribution in [0.15, 0.2) is 9.59 Å². The maximum absolute atomic E-state index is 12.1. The van der Waals surface area contributed by atoms with Crippen molar-refractivity contribution < 1.29 is 0 Å². The van der Waals surface area contributed by atoms with Gasteiger partial charge in [0.25, 0.3) is 5.56 Å². The Balaban J connectivity index is 2.09. The summed E-state index contributed by atoms with van der Waals surface area (Å²) < 4.78 is 2.44. The molecule has 0 aromatic carbocycles. The van der Waals surface area contributed by atoms with E-state index in [2.05, 4.69) is 16.9 Å². The first kappa shape index (κ1) is 12.9. The molecule has 0 atom stereocenters. The van der Waals surface area contributed by atoms with Gasteiger partial charge in [0.05, 0.1) is 5.54 Å². The van der Waals surface area contributed by atoms with E-state index >= 15 is 0 Å². The van der Waals surface area contributed by atoms with E-state index in [1.807, 2.05) is 4.90 Å². The second-order valence-corrected chi connectivity index (χ2v) is 5.54. The number of nitrogens with zero attached hydrogens (tertiary/aromatic N) is 4. The molecule has 0 unspecified atom stereocenters. The number of rotatable bonds is 2. The smallest absolute Gasteiger partial charge is 0.332 e. The molecule has 1 aliphatic heterocycles. The Kier molecular flexibility index (Phi) is 2.55. The molecule has 8 nitrogen and oxygen atoms in total. The summed E-state index contributed by atoms with van der Waals surface area (Å²) in [6.07, 6.45) is 0.893. The fourth-order valence-corrected chi connectivity index (χ4v) is 2.55. The number of aryl methyl sites for hydroxylation is 1. The molecule has 2 aromatic rings.